The fraction of sp³-hybridized carbons (Fsp3) is 0.846. The van der Waals surface area contributed by atoms with Crippen LogP contribution in [-0.4, -0.2) is 26.4 Å². The van der Waals surface area contributed by atoms with Crippen LogP contribution >= 0.6 is 0 Å². The summed E-state index contributed by atoms with van der Waals surface area (Å²) in [6.07, 6.45) is 1.35. The van der Waals surface area contributed by atoms with Gasteiger partial charge in [-0.3, -0.25) is 0 Å². The molecule has 1 unspecified atom stereocenters. The summed E-state index contributed by atoms with van der Waals surface area (Å²) in [5.41, 5.74) is 1.60. The molecule has 1 heterocycles. The predicted octanol–water partition coefficient (Wildman–Crippen LogP) is 3.59. The molecule has 0 aliphatic carbocycles. The molecule has 1 nitrogen and oxygen atoms in total. The molecular formula is C13H27GeN. The second-order valence-corrected chi connectivity index (χ2v) is 15.3. The summed E-state index contributed by atoms with van der Waals surface area (Å²) < 4.78 is 0. The van der Waals surface area contributed by atoms with Crippen molar-refractivity contribution in [2.75, 3.05) is 13.1 Å². The Kier molecular flexibility index (Phi) is 5.41. The molecular weight excluding hydrogens is 243 g/mol. The van der Waals surface area contributed by atoms with Crippen LogP contribution in [0.4, 0.5) is 0 Å². The van der Waals surface area contributed by atoms with Crippen LogP contribution in [0, 0.1) is 5.92 Å². The number of hydrogen-bond donors (Lipinski definition) is 1. The standard InChI is InChI=1S/C13H27GeN/c1-5-13-9-14(6-2,7-3)8-12(4)10-15-11-13/h8,13,15H,5-7,9-11H2,1-4H3/b12-8-. The predicted molar refractivity (Wildman–Crippen MR) is 71.9 cm³/mol. The first-order valence-corrected chi connectivity index (χ1v) is 12.2. The summed E-state index contributed by atoms with van der Waals surface area (Å²) in [5, 5.41) is 8.09. The van der Waals surface area contributed by atoms with Crippen molar-refractivity contribution in [3.8, 4) is 0 Å². The van der Waals surface area contributed by atoms with Crippen LogP contribution in [0.5, 0.6) is 0 Å². The first-order valence-electron chi connectivity index (χ1n) is 6.54. The van der Waals surface area contributed by atoms with E-state index in [-0.39, 0.29) is 0 Å². The maximum absolute atomic E-state index is 3.59. The van der Waals surface area contributed by atoms with Crippen molar-refractivity contribution in [2.24, 2.45) is 5.92 Å². The third-order valence-electron chi connectivity index (χ3n) is 4.07. The van der Waals surface area contributed by atoms with Gasteiger partial charge in [-0.05, 0) is 0 Å². The molecule has 0 spiro atoms. The Balaban J connectivity index is 2.86. The summed E-state index contributed by atoms with van der Waals surface area (Å²) >= 11 is -1.60. The van der Waals surface area contributed by atoms with E-state index >= 15 is 0 Å². The number of hydrogen-bond acceptors (Lipinski definition) is 1. The van der Waals surface area contributed by atoms with Gasteiger partial charge in [-0.2, -0.15) is 0 Å². The van der Waals surface area contributed by atoms with E-state index in [0.717, 1.165) is 12.5 Å². The van der Waals surface area contributed by atoms with Crippen molar-refractivity contribution in [3.63, 3.8) is 0 Å². The van der Waals surface area contributed by atoms with E-state index in [9.17, 15) is 0 Å². The number of rotatable bonds is 3. The van der Waals surface area contributed by atoms with Crippen molar-refractivity contribution in [1.29, 1.82) is 0 Å². The maximum atomic E-state index is 3.59. The minimum absolute atomic E-state index is 0.939. The van der Waals surface area contributed by atoms with Gasteiger partial charge in [-0.25, -0.2) is 0 Å². The summed E-state index contributed by atoms with van der Waals surface area (Å²) in [6.45, 7) is 11.9. The van der Waals surface area contributed by atoms with Gasteiger partial charge in [0.1, 0.15) is 0 Å². The van der Waals surface area contributed by atoms with Crippen LogP contribution in [0.25, 0.3) is 0 Å². The zero-order valence-corrected chi connectivity index (χ0v) is 13.0. The van der Waals surface area contributed by atoms with Gasteiger partial charge in [0.25, 0.3) is 0 Å². The van der Waals surface area contributed by atoms with Crippen molar-refractivity contribution in [3.05, 3.63) is 10.5 Å². The Hall–Kier alpha value is 0.243. The molecule has 0 radical (unpaired) electrons. The van der Waals surface area contributed by atoms with Gasteiger partial charge >= 0.3 is 97.9 Å². The van der Waals surface area contributed by atoms with Gasteiger partial charge < -0.3 is 0 Å². The minimum atomic E-state index is -1.60. The van der Waals surface area contributed by atoms with Gasteiger partial charge in [0.15, 0.2) is 0 Å². The third-order valence-corrected chi connectivity index (χ3v) is 15.2. The van der Waals surface area contributed by atoms with E-state index in [2.05, 4.69) is 37.9 Å². The molecule has 0 aromatic carbocycles. The van der Waals surface area contributed by atoms with Crippen LogP contribution in [0.2, 0.25) is 15.8 Å². The topological polar surface area (TPSA) is 12.0 Å². The van der Waals surface area contributed by atoms with Crippen molar-refractivity contribution in [1.82, 2.24) is 5.32 Å². The van der Waals surface area contributed by atoms with Gasteiger partial charge in [0.05, 0.1) is 0 Å². The zero-order valence-electron chi connectivity index (χ0n) is 10.9. The van der Waals surface area contributed by atoms with E-state index < -0.39 is 13.3 Å². The zero-order chi connectivity index (χ0) is 11.3. The van der Waals surface area contributed by atoms with E-state index in [1.165, 1.54) is 23.5 Å². The van der Waals surface area contributed by atoms with Gasteiger partial charge in [-0.15, -0.1) is 0 Å². The molecule has 0 amide bonds. The summed E-state index contributed by atoms with van der Waals surface area (Å²) in [7, 11) is 0. The van der Waals surface area contributed by atoms with Crippen molar-refractivity contribution < 1.29 is 0 Å². The van der Waals surface area contributed by atoms with E-state index in [1.807, 2.05) is 0 Å². The number of nitrogens with one attached hydrogen (secondary N) is 1. The SMILES string of the molecule is CCC1CNC/C(C)=[CH]\[Ge]([CH2]C)([CH2]C)[CH2]1. The molecule has 1 aliphatic heterocycles. The molecule has 0 saturated carbocycles. The average molecular weight is 270 g/mol. The molecule has 2 heteroatoms. The molecule has 1 aliphatic rings. The van der Waals surface area contributed by atoms with Crippen LogP contribution < -0.4 is 5.32 Å². The van der Waals surface area contributed by atoms with E-state index in [1.54, 1.807) is 10.8 Å². The van der Waals surface area contributed by atoms with Crippen LogP contribution in [0.3, 0.4) is 0 Å². The molecule has 0 aromatic rings. The molecule has 0 fully saturated rings. The van der Waals surface area contributed by atoms with Crippen LogP contribution in [-0.2, 0) is 0 Å². The van der Waals surface area contributed by atoms with Gasteiger partial charge in [-0.1, -0.05) is 0 Å². The molecule has 0 bridgehead atoms. The Morgan fingerprint density at radius 1 is 1.33 bits per heavy atom. The Morgan fingerprint density at radius 3 is 2.53 bits per heavy atom. The molecule has 1 N–H and O–H groups in total. The monoisotopic (exact) mass is 271 g/mol. The van der Waals surface area contributed by atoms with Gasteiger partial charge in [0, 0.05) is 0 Å². The van der Waals surface area contributed by atoms with Crippen molar-refractivity contribution >= 4 is 13.3 Å². The normalized spacial score (nSPS) is 30.1. The first kappa shape index (κ1) is 13.3. The molecule has 0 aromatic heterocycles. The molecule has 88 valence electrons. The summed E-state index contributed by atoms with van der Waals surface area (Å²) in [6, 6.07) is 0. The Morgan fingerprint density at radius 2 is 2.00 bits per heavy atom. The second kappa shape index (κ2) is 6.10. The summed E-state index contributed by atoms with van der Waals surface area (Å²) in [4.78, 5) is 2.73. The van der Waals surface area contributed by atoms with Crippen LogP contribution in [0.1, 0.15) is 34.1 Å². The molecule has 1 atom stereocenters. The summed E-state index contributed by atoms with van der Waals surface area (Å²) in [5.74, 6) is 0.939. The van der Waals surface area contributed by atoms with Gasteiger partial charge in [0.2, 0.25) is 0 Å². The fourth-order valence-corrected chi connectivity index (χ4v) is 11.9. The van der Waals surface area contributed by atoms with E-state index in [0.29, 0.717) is 0 Å². The Labute approximate surface area is 98.1 Å². The Bertz CT molecular complexity index is 219. The molecule has 0 saturated heterocycles. The van der Waals surface area contributed by atoms with Crippen LogP contribution in [0.15, 0.2) is 10.5 Å². The van der Waals surface area contributed by atoms with Crippen molar-refractivity contribution in [2.45, 2.75) is 49.9 Å². The first-order chi connectivity index (χ1) is 7.15. The second-order valence-electron chi connectivity index (χ2n) is 5.17. The average Bonchev–Trinajstić information content (AvgIpc) is 2.23. The quantitative estimate of drug-likeness (QED) is 0.773. The molecule has 15 heavy (non-hydrogen) atoms. The third kappa shape index (κ3) is 3.63. The molecule has 1 rings (SSSR count). The van der Waals surface area contributed by atoms with E-state index in [4.69, 9.17) is 0 Å². The fourth-order valence-electron chi connectivity index (χ4n) is 2.78.